The zero-order valence-corrected chi connectivity index (χ0v) is 10.2. The van der Waals surface area contributed by atoms with Crippen molar-refractivity contribution in [2.24, 2.45) is 0 Å². The van der Waals surface area contributed by atoms with Crippen molar-refractivity contribution in [2.75, 3.05) is 0 Å². The molecular formula is C13H13N5O. The van der Waals surface area contributed by atoms with Gasteiger partial charge in [-0.25, -0.2) is 0 Å². The number of hydrogen-bond donors (Lipinski definition) is 1. The van der Waals surface area contributed by atoms with E-state index in [2.05, 4.69) is 20.7 Å². The van der Waals surface area contributed by atoms with Gasteiger partial charge >= 0.3 is 0 Å². The monoisotopic (exact) mass is 255 g/mol. The largest absolute Gasteiger partial charge is 0.360 e. The van der Waals surface area contributed by atoms with Crippen LogP contribution in [0, 0.1) is 0 Å². The second-order valence-electron chi connectivity index (χ2n) is 4.04. The van der Waals surface area contributed by atoms with Crippen molar-refractivity contribution in [3.05, 3.63) is 60.2 Å². The Morgan fingerprint density at radius 3 is 2.79 bits per heavy atom. The van der Waals surface area contributed by atoms with Gasteiger partial charge in [0.05, 0.1) is 30.3 Å². The Hall–Kier alpha value is -2.47. The van der Waals surface area contributed by atoms with E-state index < -0.39 is 0 Å². The van der Waals surface area contributed by atoms with Crippen LogP contribution in [0.15, 0.2) is 53.3 Å². The standard InChI is InChI=1S/C13H13N5O/c1-2-4-12(5-3-1)18-15-9-11(17-18)8-14-10-13-6-7-16-19-13/h1-7,9,14H,8,10H2. The number of para-hydroxylation sites is 1. The van der Waals surface area contributed by atoms with Crippen molar-refractivity contribution in [3.8, 4) is 5.69 Å². The molecule has 6 heteroatoms. The molecule has 0 atom stereocenters. The van der Waals surface area contributed by atoms with E-state index in [0.717, 1.165) is 17.1 Å². The lowest BCUT2D eigenvalue weighted by molar-refractivity contribution is 0.372. The summed E-state index contributed by atoms with van der Waals surface area (Å²) in [5.41, 5.74) is 1.83. The van der Waals surface area contributed by atoms with Crippen molar-refractivity contribution < 1.29 is 4.52 Å². The summed E-state index contributed by atoms with van der Waals surface area (Å²) in [6.45, 7) is 1.26. The highest BCUT2D eigenvalue weighted by molar-refractivity contribution is 5.28. The Labute approximate surface area is 110 Å². The summed E-state index contributed by atoms with van der Waals surface area (Å²) >= 11 is 0. The summed E-state index contributed by atoms with van der Waals surface area (Å²) in [5.74, 6) is 0.801. The average molecular weight is 255 g/mol. The summed E-state index contributed by atoms with van der Waals surface area (Å²) < 4.78 is 4.99. The molecule has 3 rings (SSSR count). The van der Waals surface area contributed by atoms with E-state index in [-0.39, 0.29) is 0 Å². The van der Waals surface area contributed by atoms with Crippen molar-refractivity contribution in [3.63, 3.8) is 0 Å². The van der Waals surface area contributed by atoms with E-state index in [4.69, 9.17) is 4.52 Å². The Balaban J connectivity index is 1.59. The highest BCUT2D eigenvalue weighted by atomic mass is 16.5. The van der Waals surface area contributed by atoms with Gasteiger partial charge < -0.3 is 9.84 Å². The van der Waals surface area contributed by atoms with Crippen LogP contribution in [0.4, 0.5) is 0 Å². The van der Waals surface area contributed by atoms with Gasteiger partial charge in [-0.2, -0.15) is 15.0 Å². The van der Waals surface area contributed by atoms with E-state index in [1.807, 2.05) is 36.4 Å². The fraction of sp³-hybridized carbons (Fsp3) is 0.154. The molecule has 1 aromatic carbocycles. The third kappa shape index (κ3) is 2.86. The van der Waals surface area contributed by atoms with Gasteiger partial charge in [0.1, 0.15) is 5.76 Å². The molecule has 6 nitrogen and oxygen atoms in total. The number of benzene rings is 1. The van der Waals surface area contributed by atoms with E-state index in [1.165, 1.54) is 0 Å². The fourth-order valence-corrected chi connectivity index (χ4v) is 1.71. The highest BCUT2D eigenvalue weighted by Crippen LogP contribution is 2.04. The minimum Gasteiger partial charge on any atom is -0.360 e. The molecule has 0 aliphatic heterocycles. The molecular weight excluding hydrogens is 242 g/mol. The van der Waals surface area contributed by atoms with Crippen LogP contribution in [-0.4, -0.2) is 20.2 Å². The van der Waals surface area contributed by atoms with Crippen LogP contribution < -0.4 is 5.32 Å². The van der Waals surface area contributed by atoms with Crippen LogP contribution in [0.2, 0.25) is 0 Å². The number of nitrogens with one attached hydrogen (secondary N) is 1. The number of nitrogens with zero attached hydrogens (tertiary/aromatic N) is 4. The molecule has 0 saturated heterocycles. The van der Waals surface area contributed by atoms with Crippen LogP contribution in [-0.2, 0) is 13.1 Å². The zero-order chi connectivity index (χ0) is 12.9. The first kappa shape index (κ1) is 11.6. The molecule has 96 valence electrons. The lowest BCUT2D eigenvalue weighted by Gasteiger charge is -1.99. The fourth-order valence-electron chi connectivity index (χ4n) is 1.71. The molecule has 0 spiro atoms. The molecule has 0 aliphatic rings. The SMILES string of the molecule is c1ccc(-n2ncc(CNCc3ccno3)n2)cc1. The summed E-state index contributed by atoms with van der Waals surface area (Å²) in [7, 11) is 0. The maximum absolute atomic E-state index is 4.99. The first-order valence-corrected chi connectivity index (χ1v) is 5.99. The number of aromatic nitrogens is 4. The Morgan fingerprint density at radius 1 is 1.11 bits per heavy atom. The first-order valence-electron chi connectivity index (χ1n) is 5.99. The van der Waals surface area contributed by atoms with Crippen LogP contribution in [0.25, 0.3) is 5.69 Å². The lowest BCUT2D eigenvalue weighted by Crippen LogP contribution is -2.12. The second kappa shape index (κ2) is 5.45. The highest BCUT2D eigenvalue weighted by Gasteiger charge is 2.03. The molecule has 0 radical (unpaired) electrons. The molecule has 2 heterocycles. The Morgan fingerprint density at radius 2 is 2.00 bits per heavy atom. The van der Waals surface area contributed by atoms with Crippen molar-refractivity contribution in [2.45, 2.75) is 13.1 Å². The number of rotatable bonds is 5. The summed E-state index contributed by atoms with van der Waals surface area (Å²) in [6.07, 6.45) is 3.38. The van der Waals surface area contributed by atoms with Gasteiger partial charge in [0, 0.05) is 12.6 Å². The molecule has 0 saturated carbocycles. The maximum atomic E-state index is 4.99. The van der Waals surface area contributed by atoms with Crippen molar-refractivity contribution >= 4 is 0 Å². The predicted octanol–water partition coefficient (Wildman–Crippen LogP) is 1.55. The van der Waals surface area contributed by atoms with Crippen molar-refractivity contribution in [1.82, 2.24) is 25.5 Å². The zero-order valence-electron chi connectivity index (χ0n) is 10.2. The van der Waals surface area contributed by atoms with Crippen molar-refractivity contribution in [1.29, 1.82) is 0 Å². The summed E-state index contributed by atoms with van der Waals surface area (Å²) in [4.78, 5) is 1.62. The van der Waals surface area contributed by atoms with Crippen LogP contribution >= 0.6 is 0 Å². The van der Waals surface area contributed by atoms with E-state index >= 15 is 0 Å². The van der Waals surface area contributed by atoms with Gasteiger partial charge in [-0.05, 0) is 12.1 Å². The third-order valence-corrected chi connectivity index (χ3v) is 2.62. The van der Waals surface area contributed by atoms with Gasteiger partial charge in [-0.15, -0.1) is 0 Å². The quantitative estimate of drug-likeness (QED) is 0.749. The minimum atomic E-state index is 0.623. The van der Waals surface area contributed by atoms with Gasteiger partial charge in [0.25, 0.3) is 0 Å². The predicted molar refractivity (Wildman–Crippen MR) is 68.4 cm³/mol. The molecule has 0 unspecified atom stereocenters. The summed E-state index contributed by atoms with van der Waals surface area (Å²) in [6, 6.07) is 11.6. The third-order valence-electron chi connectivity index (χ3n) is 2.62. The van der Waals surface area contributed by atoms with E-state index in [1.54, 1.807) is 17.2 Å². The van der Waals surface area contributed by atoms with Gasteiger partial charge in [-0.1, -0.05) is 23.4 Å². The minimum absolute atomic E-state index is 0.623. The van der Waals surface area contributed by atoms with Gasteiger partial charge in [0.2, 0.25) is 0 Å². The first-order chi connectivity index (χ1) is 9.42. The maximum Gasteiger partial charge on any atom is 0.150 e. The van der Waals surface area contributed by atoms with E-state index in [9.17, 15) is 0 Å². The van der Waals surface area contributed by atoms with Gasteiger partial charge in [-0.3, -0.25) is 0 Å². The smallest absolute Gasteiger partial charge is 0.150 e. The van der Waals surface area contributed by atoms with Gasteiger partial charge in [0.15, 0.2) is 0 Å². The van der Waals surface area contributed by atoms with Crippen LogP contribution in [0.5, 0.6) is 0 Å². The van der Waals surface area contributed by atoms with E-state index in [0.29, 0.717) is 13.1 Å². The second-order valence-corrected chi connectivity index (χ2v) is 4.04. The molecule has 19 heavy (non-hydrogen) atoms. The Kier molecular flexibility index (Phi) is 3.33. The average Bonchev–Trinajstić information content (AvgIpc) is 3.11. The van der Waals surface area contributed by atoms with Crippen LogP contribution in [0.1, 0.15) is 11.5 Å². The molecule has 3 aromatic rings. The lowest BCUT2D eigenvalue weighted by atomic mass is 10.3. The Bertz CT molecular complexity index is 618. The molecule has 0 aliphatic carbocycles. The molecule has 0 bridgehead atoms. The number of hydrogen-bond acceptors (Lipinski definition) is 5. The van der Waals surface area contributed by atoms with Crippen LogP contribution in [0.3, 0.4) is 0 Å². The molecule has 2 aromatic heterocycles. The molecule has 0 amide bonds. The topological polar surface area (TPSA) is 68.8 Å². The molecule has 0 fully saturated rings. The normalized spacial score (nSPS) is 10.7. The molecule has 1 N–H and O–H groups in total. The summed E-state index contributed by atoms with van der Waals surface area (Å²) in [5, 5.41) is 15.5.